The van der Waals surface area contributed by atoms with Gasteiger partial charge in [0.25, 0.3) is 0 Å². The number of amides is 2. The lowest BCUT2D eigenvalue weighted by Crippen LogP contribution is -2.56. The van der Waals surface area contributed by atoms with E-state index in [9.17, 15) is 18.0 Å². The lowest BCUT2D eigenvalue weighted by atomic mass is 9.86. The molecule has 0 aromatic heterocycles. The molecule has 2 amide bonds. The highest BCUT2D eigenvalue weighted by atomic mass is 19.4. The Kier molecular flexibility index (Phi) is 4.23. The molecule has 1 N–H and O–H groups in total. The lowest BCUT2D eigenvalue weighted by Gasteiger charge is -2.44. The highest BCUT2D eigenvalue weighted by Crippen LogP contribution is 2.35. The Labute approximate surface area is 133 Å². The number of hydrogen-bond donors (Lipinski definition) is 1. The summed E-state index contributed by atoms with van der Waals surface area (Å²) in [6.07, 6.45) is -3.24. The quantitative estimate of drug-likeness (QED) is 0.926. The minimum atomic E-state index is -4.37. The Bertz CT molecular complexity index is 553. The van der Waals surface area contributed by atoms with E-state index in [2.05, 4.69) is 10.2 Å². The highest BCUT2D eigenvalue weighted by molar-refractivity contribution is 5.78. The molecule has 126 valence electrons. The van der Waals surface area contributed by atoms with E-state index >= 15 is 0 Å². The van der Waals surface area contributed by atoms with Crippen molar-refractivity contribution in [1.29, 1.82) is 0 Å². The lowest BCUT2D eigenvalue weighted by molar-refractivity contribution is -0.149. The van der Waals surface area contributed by atoms with Crippen LogP contribution >= 0.6 is 0 Å². The fraction of sp³-hybridized carbons (Fsp3) is 0.562. The van der Waals surface area contributed by atoms with E-state index in [1.165, 1.54) is 5.56 Å². The Morgan fingerprint density at radius 1 is 1.13 bits per heavy atom. The number of alkyl halides is 3. The number of hydrogen-bond acceptors (Lipinski definition) is 2. The third kappa shape index (κ3) is 3.60. The molecule has 2 heterocycles. The fourth-order valence-corrected chi connectivity index (χ4v) is 3.48. The van der Waals surface area contributed by atoms with E-state index < -0.39 is 24.3 Å². The van der Waals surface area contributed by atoms with E-state index in [1.807, 2.05) is 30.3 Å². The van der Waals surface area contributed by atoms with Gasteiger partial charge in [0, 0.05) is 26.2 Å². The van der Waals surface area contributed by atoms with Gasteiger partial charge >= 0.3 is 12.2 Å². The molecule has 2 aliphatic heterocycles. The maximum atomic E-state index is 12.8. The van der Waals surface area contributed by atoms with Crippen LogP contribution in [0.1, 0.15) is 18.4 Å². The molecule has 0 radical (unpaired) electrons. The number of rotatable bonds is 3. The average Bonchev–Trinajstić information content (AvgIpc) is 2.79. The number of carbonyl (C=O) groups excluding carboxylic acids is 1. The molecule has 0 aliphatic carbocycles. The zero-order valence-corrected chi connectivity index (χ0v) is 12.8. The molecule has 4 nitrogen and oxygen atoms in total. The van der Waals surface area contributed by atoms with Crippen molar-refractivity contribution in [3.05, 3.63) is 35.9 Å². The normalized spacial score (nSPS) is 21.7. The number of halogens is 3. The van der Waals surface area contributed by atoms with Crippen LogP contribution in [0.5, 0.6) is 0 Å². The zero-order chi connectivity index (χ0) is 16.5. The van der Waals surface area contributed by atoms with E-state index in [4.69, 9.17) is 0 Å². The van der Waals surface area contributed by atoms with Crippen molar-refractivity contribution in [2.24, 2.45) is 0 Å². The Morgan fingerprint density at radius 2 is 1.78 bits per heavy atom. The standard InChI is InChI=1S/C16H20F3N3O/c17-16(18,19)12-22-14(23)20-11-15(22)6-8-21(9-7-15)10-13-4-2-1-3-5-13/h1-5H,6-12H2,(H,20,23). The number of nitrogens with zero attached hydrogens (tertiary/aromatic N) is 2. The number of urea groups is 1. The Hall–Kier alpha value is -1.76. The van der Waals surface area contributed by atoms with Gasteiger partial charge in [0.05, 0.1) is 5.54 Å². The predicted molar refractivity (Wildman–Crippen MR) is 79.8 cm³/mol. The summed E-state index contributed by atoms with van der Waals surface area (Å²) in [6.45, 7) is 1.31. The molecule has 3 rings (SSSR count). The van der Waals surface area contributed by atoms with Crippen LogP contribution in [-0.2, 0) is 6.54 Å². The summed E-state index contributed by atoms with van der Waals surface area (Å²) in [7, 11) is 0. The summed E-state index contributed by atoms with van der Waals surface area (Å²) in [5.41, 5.74) is 0.496. The Balaban J connectivity index is 1.63. The molecule has 0 bridgehead atoms. The van der Waals surface area contributed by atoms with E-state index in [0.717, 1.165) is 11.4 Å². The molecule has 1 aromatic carbocycles. The summed E-state index contributed by atoms with van der Waals surface area (Å²) in [5.74, 6) is 0. The summed E-state index contributed by atoms with van der Waals surface area (Å²) >= 11 is 0. The topological polar surface area (TPSA) is 35.6 Å². The second kappa shape index (κ2) is 6.03. The summed E-state index contributed by atoms with van der Waals surface area (Å²) in [4.78, 5) is 15.0. The maximum Gasteiger partial charge on any atom is 0.406 e. The third-order valence-corrected chi connectivity index (χ3v) is 4.76. The third-order valence-electron chi connectivity index (χ3n) is 4.76. The van der Waals surface area contributed by atoms with Gasteiger partial charge in [-0.05, 0) is 18.4 Å². The monoisotopic (exact) mass is 327 g/mol. The minimum Gasteiger partial charge on any atom is -0.336 e. The van der Waals surface area contributed by atoms with Gasteiger partial charge < -0.3 is 10.2 Å². The molecule has 0 atom stereocenters. The van der Waals surface area contributed by atoms with Crippen LogP contribution in [0.4, 0.5) is 18.0 Å². The summed E-state index contributed by atoms with van der Waals surface area (Å²) in [6, 6.07) is 9.40. The van der Waals surface area contributed by atoms with Crippen LogP contribution in [0.3, 0.4) is 0 Å². The van der Waals surface area contributed by atoms with Crippen molar-refractivity contribution in [2.75, 3.05) is 26.2 Å². The van der Waals surface area contributed by atoms with Crippen molar-refractivity contribution in [1.82, 2.24) is 15.1 Å². The van der Waals surface area contributed by atoms with Crippen molar-refractivity contribution in [3.8, 4) is 0 Å². The molecule has 2 saturated heterocycles. The first-order valence-corrected chi connectivity index (χ1v) is 7.77. The maximum absolute atomic E-state index is 12.8. The first-order chi connectivity index (χ1) is 10.9. The summed E-state index contributed by atoms with van der Waals surface area (Å²) < 4.78 is 38.3. The van der Waals surface area contributed by atoms with E-state index in [1.54, 1.807) is 0 Å². The smallest absolute Gasteiger partial charge is 0.336 e. The molecule has 1 aromatic rings. The molecule has 2 aliphatic rings. The van der Waals surface area contributed by atoms with E-state index in [-0.39, 0.29) is 0 Å². The van der Waals surface area contributed by atoms with Crippen LogP contribution in [0.15, 0.2) is 30.3 Å². The molecular formula is C16H20F3N3O. The minimum absolute atomic E-state index is 0.307. The van der Waals surface area contributed by atoms with Gasteiger partial charge in [-0.3, -0.25) is 4.90 Å². The van der Waals surface area contributed by atoms with Crippen LogP contribution in [0.25, 0.3) is 0 Å². The number of nitrogens with one attached hydrogen (secondary N) is 1. The SMILES string of the molecule is O=C1NCC2(CCN(Cc3ccccc3)CC2)N1CC(F)(F)F. The van der Waals surface area contributed by atoms with Gasteiger partial charge in [-0.2, -0.15) is 13.2 Å². The predicted octanol–water partition coefficient (Wildman–Crippen LogP) is 2.61. The molecule has 0 saturated carbocycles. The first kappa shape index (κ1) is 16.1. The number of carbonyl (C=O) groups is 1. The van der Waals surface area contributed by atoms with Gasteiger partial charge in [0.2, 0.25) is 0 Å². The van der Waals surface area contributed by atoms with Crippen LogP contribution in [0, 0.1) is 0 Å². The molecule has 7 heteroatoms. The molecule has 23 heavy (non-hydrogen) atoms. The number of benzene rings is 1. The van der Waals surface area contributed by atoms with E-state index in [0.29, 0.717) is 32.5 Å². The van der Waals surface area contributed by atoms with Gasteiger partial charge in [-0.15, -0.1) is 0 Å². The largest absolute Gasteiger partial charge is 0.406 e. The van der Waals surface area contributed by atoms with Gasteiger partial charge in [0.15, 0.2) is 0 Å². The zero-order valence-electron chi connectivity index (χ0n) is 12.8. The number of likely N-dealkylation sites (tertiary alicyclic amines) is 1. The second-order valence-corrected chi connectivity index (χ2v) is 6.35. The summed E-state index contributed by atoms with van der Waals surface area (Å²) in [5, 5.41) is 2.59. The van der Waals surface area contributed by atoms with Crippen molar-refractivity contribution in [3.63, 3.8) is 0 Å². The van der Waals surface area contributed by atoms with Gasteiger partial charge in [-0.1, -0.05) is 30.3 Å². The van der Waals surface area contributed by atoms with Gasteiger partial charge in [-0.25, -0.2) is 4.79 Å². The fourth-order valence-electron chi connectivity index (χ4n) is 3.48. The molecule has 0 unspecified atom stereocenters. The van der Waals surface area contributed by atoms with Crippen molar-refractivity contribution in [2.45, 2.75) is 31.1 Å². The van der Waals surface area contributed by atoms with Gasteiger partial charge in [0.1, 0.15) is 6.54 Å². The number of piperidine rings is 1. The van der Waals surface area contributed by atoms with Crippen LogP contribution < -0.4 is 5.32 Å². The molecule has 1 spiro atoms. The average molecular weight is 327 g/mol. The van der Waals surface area contributed by atoms with Crippen LogP contribution in [0.2, 0.25) is 0 Å². The first-order valence-electron chi connectivity index (χ1n) is 7.77. The highest BCUT2D eigenvalue weighted by Gasteiger charge is 2.50. The van der Waals surface area contributed by atoms with Crippen molar-refractivity contribution >= 4 is 6.03 Å². The molecule has 2 fully saturated rings. The molecular weight excluding hydrogens is 307 g/mol. The van der Waals surface area contributed by atoms with Crippen molar-refractivity contribution < 1.29 is 18.0 Å². The Morgan fingerprint density at radius 3 is 2.39 bits per heavy atom. The van der Waals surface area contributed by atoms with Crippen LogP contribution in [-0.4, -0.2) is 53.7 Å². The second-order valence-electron chi connectivity index (χ2n) is 6.35.